The van der Waals surface area contributed by atoms with Crippen LogP contribution in [-0.2, 0) is 24.0 Å². The maximum atomic E-state index is 12.3. The van der Waals surface area contributed by atoms with Crippen LogP contribution in [0, 0.1) is 0 Å². The van der Waals surface area contributed by atoms with E-state index in [1.165, 1.54) is 0 Å². The van der Waals surface area contributed by atoms with Gasteiger partial charge in [-0.3, -0.25) is 0 Å². The average Bonchev–Trinajstić information content (AvgIpc) is 3.69. The van der Waals surface area contributed by atoms with Crippen LogP contribution in [0.4, 0.5) is 0 Å². The number of aromatic nitrogens is 4. The van der Waals surface area contributed by atoms with Crippen molar-refractivity contribution < 1.29 is 5.11 Å². The Balaban J connectivity index is 1.55. The molecular weight excluding hydrogens is 500 g/mol. The van der Waals surface area contributed by atoms with Gasteiger partial charge in [-0.25, -0.2) is 4.98 Å². The Morgan fingerprint density at radius 3 is 1.67 bits per heavy atom. The highest BCUT2D eigenvalue weighted by Crippen LogP contribution is 2.41. The van der Waals surface area contributed by atoms with Crippen LogP contribution in [0.25, 0.3) is 0 Å². The van der Waals surface area contributed by atoms with Crippen LogP contribution in [0.5, 0.6) is 0 Å². The van der Waals surface area contributed by atoms with Crippen LogP contribution in [0.1, 0.15) is 33.6 Å². The van der Waals surface area contributed by atoms with E-state index in [1.54, 1.807) is 6.20 Å². The number of hydrogen-bond donors (Lipinski definition) is 1. The van der Waals surface area contributed by atoms with E-state index in [4.69, 9.17) is 4.98 Å². The minimum Gasteiger partial charge on any atom is -0.383 e. The van der Waals surface area contributed by atoms with Crippen molar-refractivity contribution in [3.05, 3.63) is 174 Å². The molecule has 2 heterocycles. The molecule has 6 heteroatoms. The van der Waals surface area contributed by atoms with Gasteiger partial charge in [-0.1, -0.05) is 121 Å². The van der Waals surface area contributed by atoms with E-state index >= 15 is 0 Å². The molecule has 6 rings (SSSR count). The van der Waals surface area contributed by atoms with Crippen LogP contribution in [0.3, 0.4) is 0 Å². The second-order valence-corrected chi connectivity index (χ2v) is 10.3. The molecule has 192 valence electrons. The SMILES string of the molecule is OC(Cc1ccccc1)(Cc1cnsn1)c1cn(C(c2ccccc2)(c2ccccc2)c2ccccc2)cn1. The molecule has 1 atom stereocenters. The molecule has 1 unspecified atom stereocenters. The fourth-order valence-electron chi connectivity index (χ4n) is 5.47. The molecule has 0 spiro atoms. The second kappa shape index (κ2) is 10.8. The monoisotopic (exact) mass is 528 g/mol. The van der Waals surface area contributed by atoms with Gasteiger partial charge >= 0.3 is 0 Å². The minimum atomic E-state index is -1.28. The first kappa shape index (κ1) is 24.9. The van der Waals surface area contributed by atoms with Gasteiger partial charge in [-0.2, -0.15) is 8.75 Å². The maximum Gasteiger partial charge on any atom is 0.121 e. The zero-order valence-electron chi connectivity index (χ0n) is 21.3. The smallest absolute Gasteiger partial charge is 0.121 e. The van der Waals surface area contributed by atoms with E-state index in [2.05, 4.69) is 86.1 Å². The van der Waals surface area contributed by atoms with E-state index in [0.717, 1.165) is 39.7 Å². The molecule has 0 saturated carbocycles. The first-order valence-corrected chi connectivity index (χ1v) is 13.7. The Labute approximate surface area is 232 Å². The fraction of sp³-hybridized carbons (Fsp3) is 0.121. The lowest BCUT2D eigenvalue weighted by Crippen LogP contribution is -2.37. The molecule has 6 aromatic rings. The van der Waals surface area contributed by atoms with Gasteiger partial charge in [-0.05, 0) is 22.3 Å². The highest BCUT2D eigenvalue weighted by Gasteiger charge is 2.41. The maximum absolute atomic E-state index is 12.3. The summed E-state index contributed by atoms with van der Waals surface area (Å²) < 4.78 is 10.7. The molecule has 0 saturated heterocycles. The third kappa shape index (κ3) is 4.80. The standard InChI is InChI=1S/C33H28N4OS/c38-32(22-30-23-35-39-36-30,21-26-13-5-1-6-14-26)31-24-37(25-34-31)33(27-15-7-2-8-16-27,28-17-9-3-10-18-28)29-19-11-4-12-20-29/h1-20,23-25,38H,21-22H2. The van der Waals surface area contributed by atoms with Gasteiger partial charge in [-0.15, -0.1) is 0 Å². The lowest BCUT2D eigenvalue weighted by Gasteiger charge is -2.37. The summed E-state index contributed by atoms with van der Waals surface area (Å²) in [6.45, 7) is 0. The molecular formula is C33H28N4OS. The quantitative estimate of drug-likeness (QED) is 0.225. The molecule has 0 aliphatic heterocycles. The summed E-state index contributed by atoms with van der Waals surface area (Å²) in [6.07, 6.45) is 6.27. The zero-order valence-corrected chi connectivity index (χ0v) is 22.2. The summed E-state index contributed by atoms with van der Waals surface area (Å²) in [5, 5.41) is 12.3. The fourth-order valence-corrected chi connectivity index (χ4v) is 5.90. The van der Waals surface area contributed by atoms with Gasteiger partial charge in [0.15, 0.2) is 0 Å². The predicted octanol–water partition coefficient (Wildman–Crippen LogP) is 6.25. The van der Waals surface area contributed by atoms with E-state index in [0.29, 0.717) is 18.5 Å². The minimum absolute atomic E-state index is 0.310. The highest BCUT2D eigenvalue weighted by molar-refractivity contribution is 6.99. The largest absolute Gasteiger partial charge is 0.383 e. The van der Waals surface area contributed by atoms with Crippen LogP contribution in [-0.4, -0.2) is 23.4 Å². The first-order chi connectivity index (χ1) is 19.2. The van der Waals surface area contributed by atoms with Gasteiger partial charge in [0.2, 0.25) is 0 Å². The van der Waals surface area contributed by atoms with Gasteiger partial charge in [0.05, 0.1) is 35.6 Å². The molecule has 0 bridgehead atoms. The number of rotatable bonds is 9. The van der Waals surface area contributed by atoms with Crippen molar-refractivity contribution in [2.24, 2.45) is 0 Å². The molecule has 39 heavy (non-hydrogen) atoms. The van der Waals surface area contributed by atoms with E-state index < -0.39 is 11.1 Å². The Morgan fingerprint density at radius 2 is 1.18 bits per heavy atom. The van der Waals surface area contributed by atoms with Crippen molar-refractivity contribution in [1.29, 1.82) is 0 Å². The van der Waals surface area contributed by atoms with Crippen molar-refractivity contribution in [3.63, 3.8) is 0 Å². The predicted molar refractivity (Wildman–Crippen MR) is 154 cm³/mol. The van der Waals surface area contributed by atoms with Crippen molar-refractivity contribution in [2.45, 2.75) is 24.0 Å². The molecule has 0 radical (unpaired) electrons. The Bertz CT molecular complexity index is 1510. The average molecular weight is 529 g/mol. The van der Waals surface area contributed by atoms with Crippen molar-refractivity contribution in [3.8, 4) is 0 Å². The van der Waals surface area contributed by atoms with Crippen molar-refractivity contribution >= 4 is 11.7 Å². The van der Waals surface area contributed by atoms with Gasteiger partial charge in [0.25, 0.3) is 0 Å². The number of nitrogens with zero attached hydrogens (tertiary/aromatic N) is 4. The van der Waals surface area contributed by atoms with Crippen molar-refractivity contribution in [1.82, 2.24) is 18.3 Å². The zero-order chi connectivity index (χ0) is 26.5. The number of hydrogen-bond acceptors (Lipinski definition) is 5. The molecule has 4 aromatic carbocycles. The first-order valence-electron chi connectivity index (χ1n) is 12.9. The topological polar surface area (TPSA) is 63.8 Å². The molecule has 5 nitrogen and oxygen atoms in total. The summed E-state index contributed by atoms with van der Waals surface area (Å²) in [5.41, 5.74) is 3.67. The molecule has 0 fully saturated rings. The van der Waals surface area contributed by atoms with Gasteiger partial charge < -0.3 is 9.67 Å². The normalized spacial score (nSPS) is 13.2. The molecule has 1 N–H and O–H groups in total. The summed E-state index contributed by atoms with van der Waals surface area (Å²) in [7, 11) is 0. The Kier molecular flexibility index (Phi) is 6.88. The van der Waals surface area contributed by atoms with Crippen LogP contribution in [0.2, 0.25) is 0 Å². The molecule has 2 aromatic heterocycles. The van der Waals surface area contributed by atoms with Crippen LogP contribution in [0.15, 0.2) is 140 Å². The summed E-state index contributed by atoms with van der Waals surface area (Å²) in [5.74, 6) is 0. The third-order valence-corrected chi connectivity index (χ3v) is 7.76. The summed E-state index contributed by atoms with van der Waals surface area (Å²) in [6, 6.07) is 41.4. The molecule has 0 amide bonds. The van der Waals surface area contributed by atoms with E-state index in [9.17, 15) is 5.11 Å². The summed E-state index contributed by atoms with van der Waals surface area (Å²) in [4.78, 5) is 4.88. The van der Waals surface area contributed by atoms with E-state index in [-0.39, 0.29) is 0 Å². The molecule has 0 aliphatic carbocycles. The lowest BCUT2D eigenvalue weighted by atomic mass is 9.76. The van der Waals surface area contributed by atoms with Crippen LogP contribution < -0.4 is 0 Å². The number of benzene rings is 4. The van der Waals surface area contributed by atoms with Crippen molar-refractivity contribution in [2.75, 3.05) is 0 Å². The Hall–Kier alpha value is -4.39. The number of aliphatic hydroxyl groups is 1. The lowest BCUT2D eigenvalue weighted by molar-refractivity contribution is 0.0321. The summed E-state index contributed by atoms with van der Waals surface area (Å²) >= 11 is 1.15. The second-order valence-electron chi connectivity index (χ2n) is 9.74. The van der Waals surface area contributed by atoms with E-state index in [1.807, 2.05) is 61.1 Å². The number of imidazole rings is 1. The molecule has 0 aliphatic rings. The third-order valence-electron chi connectivity index (χ3n) is 7.24. The van der Waals surface area contributed by atoms with Crippen LogP contribution >= 0.6 is 11.7 Å². The highest BCUT2D eigenvalue weighted by atomic mass is 32.1. The Morgan fingerprint density at radius 1 is 0.667 bits per heavy atom. The van der Waals surface area contributed by atoms with Gasteiger partial charge in [0.1, 0.15) is 11.1 Å². The van der Waals surface area contributed by atoms with Gasteiger partial charge in [0, 0.05) is 19.0 Å².